The van der Waals surface area contributed by atoms with Crippen LogP contribution in [0.15, 0.2) is 170 Å². The van der Waals surface area contributed by atoms with Crippen molar-refractivity contribution in [2.75, 3.05) is 0 Å². The van der Waals surface area contributed by atoms with Gasteiger partial charge in [-0.2, -0.15) is 0 Å². The van der Waals surface area contributed by atoms with E-state index < -0.39 is 0 Å². The van der Waals surface area contributed by atoms with Gasteiger partial charge in [-0.1, -0.05) is 164 Å². The second-order valence-corrected chi connectivity index (χ2v) is 11.0. The SMILES string of the molecule is c1ccc(-c2cc(-c3ccc(-c4ccc(-c5cccc6ccccc56)c5ccccc45)cc3)nc(-c3ccccc3)n2)cc1. The normalized spacial score (nSPS) is 11.2. The van der Waals surface area contributed by atoms with Crippen molar-refractivity contribution in [1.29, 1.82) is 0 Å². The highest BCUT2D eigenvalue weighted by atomic mass is 14.9. The van der Waals surface area contributed by atoms with Gasteiger partial charge in [0.1, 0.15) is 0 Å². The number of rotatable bonds is 5. The summed E-state index contributed by atoms with van der Waals surface area (Å²) in [5, 5.41) is 5.02. The topological polar surface area (TPSA) is 25.8 Å². The van der Waals surface area contributed by atoms with Crippen molar-refractivity contribution in [2.24, 2.45) is 0 Å². The van der Waals surface area contributed by atoms with E-state index in [9.17, 15) is 0 Å². The molecule has 0 spiro atoms. The summed E-state index contributed by atoms with van der Waals surface area (Å²) in [4.78, 5) is 9.95. The van der Waals surface area contributed by atoms with E-state index in [2.05, 4.69) is 133 Å². The Bertz CT molecular complexity index is 2190. The quantitative estimate of drug-likeness (QED) is 0.209. The Morgan fingerprint density at radius 1 is 0.295 bits per heavy atom. The first-order valence-corrected chi connectivity index (χ1v) is 14.9. The van der Waals surface area contributed by atoms with Crippen LogP contribution in [0.3, 0.4) is 0 Å². The van der Waals surface area contributed by atoms with Gasteiger partial charge >= 0.3 is 0 Å². The van der Waals surface area contributed by atoms with E-state index in [-0.39, 0.29) is 0 Å². The minimum Gasteiger partial charge on any atom is -0.228 e. The maximum Gasteiger partial charge on any atom is 0.160 e. The molecule has 0 aliphatic rings. The molecule has 0 atom stereocenters. The molecule has 7 aromatic carbocycles. The molecule has 1 heterocycles. The first-order chi connectivity index (χ1) is 21.8. The summed E-state index contributed by atoms with van der Waals surface area (Å²) < 4.78 is 0. The molecule has 0 unspecified atom stereocenters. The van der Waals surface area contributed by atoms with Gasteiger partial charge < -0.3 is 0 Å². The lowest BCUT2D eigenvalue weighted by Crippen LogP contribution is -1.95. The molecule has 0 saturated carbocycles. The standard InChI is InChI=1S/C42H28N2/c1-3-13-31(14-4-1)40-28-41(44-42(43-40)33-15-5-2-6-16-33)32-24-22-30(23-25-32)35-26-27-39(38-20-10-9-19-36(35)38)37-21-11-17-29-12-7-8-18-34(29)37/h1-28H. The maximum absolute atomic E-state index is 5.01. The fourth-order valence-electron chi connectivity index (χ4n) is 6.13. The predicted octanol–water partition coefficient (Wildman–Crippen LogP) is 11.1. The Kier molecular flexibility index (Phi) is 6.51. The van der Waals surface area contributed by atoms with Crippen LogP contribution in [0.25, 0.3) is 77.7 Å². The number of benzene rings is 7. The Morgan fingerprint density at radius 3 is 1.48 bits per heavy atom. The molecule has 8 aromatic rings. The second kappa shape index (κ2) is 11.1. The van der Waals surface area contributed by atoms with Crippen molar-refractivity contribution in [3.8, 4) is 56.2 Å². The highest BCUT2D eigenvalue weighted by Gasteiger charge is 2.13. The van der Waals surface area contributed by atoms with E-state index in [1.165, 1.54) is 43.8 Å². The third kappa shape index (κ3) is 4.73. The minimum atomic E-state index is 0.723. The molecule has 44 heavy (non-hydrogen) atoms. The summed E-state index contributed by atoms with van der Waals surface area (Å²) in [7, 11) is 0. The largest absolute Gasteiger partial charge is 0.228 e. The molecule has 2 nitrogen and oxygen atoms in total. The van der Waals surface area contributed by atoms with Gasteiger partial charge in [0, 0.05) is 16.7 Å². The molecule has 0 bridgehead atoms. The van der Waals surface area contributed by atoms with Crippen LogP contribution in [0.5, 0.6) is 0 Å². The van der Waals surface area contributed by atoms with Crippen molar-refractivity contribution in [3.05, 3.63) is 170 Å². The maximum atomic E-state index is 5.01. The van der Waals surface area contributed by atoms with Gasteiger partial charge in [-0.3, -0.25) is 0 Å². The highest BCUT2D eigenvalue weighted by molar-refractivity contribution is 6.09. The minimum absolute atomic E-state index is 0.723. The third-order valence-electron chi connectivity index (χ3n) is 8.32. The number of hydrogen-bond acceptors (Lipinski definition) is 2. The summed E-state index contributed by atoms with van der Waals surface area (Å²) in [6.45, 7) is 0. The molecular weight excluding hydrogens is 532 g/mol. The molecule has 0 aliphatic heterocycles. The molecule has 0 radical (unpaired) electrons. The van der Waals surface area contributed by atoms with E-state index >= 15 is 0 Å². The Labute approximate surface area is 257 Å². The van der Waals surface area contributed by atoms with Crippen LogP contribution in [0, 0.1) is 0 Å². The van der Waals surface area contributed by atoms with Crippen LogP contribution in [0.4, 0.5) is 0 Å². The molecule has 0 aliphatic carbocycles. The molecule has 0 fully saturated rings. The molecular formula is C42H28N2. The lowest BCUT2D eigenvalue weighted by atomic mass is 9.90. The lowest BCUT2D eigenvalue weighted by molar-refractivity contribution is 1.18. The summed E-state index contributed by atoms with van der Waals surface area (Å²) in [6.07, 6.45) is 0. The molecule has 0 amide bonds. The first kappa shape index (κ1) is 25.8. The summed E-state index contributed by atoms with van der Waals surface area (Å²) in [6, 6.07) is 59.8. The van der Waals surface area contributed by atoms with Gasteiger partial charge in [0.2, 0.25) is 0 Å². The smallest absolute Gasteiger partial charge is 0.160 e. The summed E-state index contributed by atoms with van der Waals surface area (Å²) in [5.41, 5.74) is 9.85. The summed E-state index contributed by atoms with van der Waals surface area (Å²) >= 11 is 0. The Balaban J connectivity index is 1.22. The third-order valence-corrected chi connectivity index (χ3v) is 8.32. The first-order valence-electron chi connectivity index (χ1n) is 14.9. The van der Waals surface area contributed by atoms with Gasteiger partial charge in [-0.15, -0.1) is 0 Å². The zero-order valence-corrected chi connectivity index (χ0v) is 24.1. The molecule has 1 aromatic heterocycles. The lowest BCUT2D eigenvalue weighted by Gasteiger charge is -2.14. The van der Waals surface area contributed by atoms with E-state index in [0.717, 1.165) is 33.9 Å². The van der Waals surface area contributed by atoms with Crippen LogP contribution in [0.2, 0.25) is 0 Å². The molecule has 206 valence electrons. The van der Waals surface area contributed by atoms with E-state index in [1.54, 1.807) is 0 Å². The zero-order valence-electron chi connectivity index (χ0n) is 24.1. The fourth-order valence-corrected chi connectivity index (χ4v) is 6.13. The van der Waals surface area contributed by atoms with Crippen molar-refractivity contribution >= 4 is 21.5 Å². The van der Waals surface area contributed by atoms with Crippen LogP contribution in [-0.4, -0.2) is 9.97 Å². The number of hydrogen-bond donors (Lipinski definition) is 0. The van der Waals surface area contributed by atoms with E-state index in [0.29, 0.717) is 0 Å². The zero-order chi connectivity index (χ0) is 29.3. The highest BCUT2D eigenvalue weighted by Crippen LogP contribution is 2.39. The van der Waals surface area contributed by atoms with Gasteiger partial charge in [-0.05, 0) is 49.9 Å². The Morgan fingerprint density at radius 2 is 0.773 bits per heavy atom. The van der Waals surface area contributed by atoms with E-state index in [1.807, 2.05) is 36.4 Å². The predicted molar refractivity (Wildman–Crippen MR) is 184 cm³/mol. The molecule has 0 saturated heterocycles. The van der Waals surface area contributed by atoms with Crippen LogP contribution in [0.1, 0.15) is 0 Å². The number of fused-ring (bicyclic) bond motifs is 2. The molecule has 8 rings (SSSR count). The number of nitrogens with zero attached hydrogens (tertiary/aromatic N) is 2. The molecule has 0 N–H and O–H groups in total. The van der Waals surface area contributed by atoms with Crippen molar-refractivity contribution in [1.82, 2.24) is 9.97 Å². The monoisotopic (exact) mass is 560 g/mol. The van der Waals surface area contributed by atoms with Crippen LogP contribution >= 0.6 is 0 Å². The van der Waals surface area contributed by atoms with Crippen LogP contribution < -0.4 is 0 Å². The van der Waals surface area contributed by atoms with Crippen molar-refractivity contribution in [3.63, 3.8) is 0 Å². The van der Waals surface area contributed by atoms with Crippen molar-refractivity contribution in [2.45, 2.75) is 0 Å². The van der Waals surface area contributed by atoms with Gasteiger partial charge in [-0.25, -0.2) is 9.97 Å². The van der Waals surface area contributed by atoms with Gasteiger partial charge in [0.25, 0.3) is 0 Å². The Hall–Kier alpha value is -5.86. The average Bonchev–Trinajstić information content (AvgIpc) is 3.11. The van der Waals surface area contributed by atoms with Crippen LogP contribution in [-0.2, 0) is 0 Å². The average molecular weight is 561 g/mol. The van der Waals surface area contributed by atoms with Gasteiger partial charge in [0.15, 0.2) is 5.82 Å². The molecule has 2 heteroatoms. The van der Waals surface area contributed by atoms with E-state index in [4.69, 9.17) is 9.97 Å². The summed E-state index contributed by atoms with van der Waals surface area (Å²) in [5.74, 6) is 0.723. The number of aromatic nitrogens is 2. The van der Waals surface area contributed by atoms with Crippen molar-refractivity contribution < 1.29 is 0 Å². The fraction of sp³-hybridized carbons (Fsp3) is 0. The second-order valence-electron chi connectivity index (χ2n) is 11.0. The van der Waals surface area contributed by atoms with Gasteiger partial charge in [0.05, 0.1) is 11.4 Å².